The summed E-state index contributed by atoms with van der Waals surface area (Å²) in [5.74, 6) is -0.352. The molecule has 0 radical (unpaired) electrons. The molecule has 1 atom stereocenters. The van der Waals surface area contributed by atoms with E-state index in [1.807, 2.05) is 31.2 Å². The maximum absolute atomic E-state index is 11.4. The predicted molar refractivity (Wildman–Crippen MR) is 75.8 cm³/mol. The fourth-order valence-corrected chi connectivity index (χ4v) is 1.65. The highest BCUT2D eigenvalue weighted by atomic mass is 16.2. The summed E-state index contributed by atoms with van der Waals surface area (Å²) in [6.07, 6.45) is 0. The van der Waals surface area contributed by atoms with E-state index < -0.39 is 0 Å². The second kappa shape index (κ2) is 7.92. The Morgan fingerprint density at radius 3 is 2.80 bits per heavy atom. The lowest BCUT2D eigenvalue weighted by Gasteiger charge is -2.15. The van der Waals surface area contributed by atoms with Crippen molar-refractivity contribution in [1.82, 2.24) is 10.6 Å². The molecule has 6 nitrogen and oxygen atoms in total. The van der Waals surface area contributed by atoms with Crippen LogP contribution in [0.2, 0.25) is 0 Å². The molecule has 0 heterocycles. The summed E-state index contributed by atoms with van der Waals surface area (Å²) in [7, 11) is 0. The van der Waals surface area contributed by atoms with Crippen LogP contribution in [-0.2, 0) is 9.59 Å². The number of benzene rings is 1. The number of nitrogens with zero attached hydrogens (tertiary/aromatic N) is 1. The molecule has 0 fully saturated rings. The van der Waals surface area contributed by atoms with Crippen molar-refractivity contribution in [2.45, 2.75) is 19.9 Å². The zero-order valence-electron chi connectivity index (χ0n) is 11.6. The molecule has 0 saturated heterocycles. The van der Waals surface area contributed by atoms with Gasteiger partial charge in [0.25, 0.3) is 0 Å². The molecule has 20 heavy (non-hydrogen) atoms. The van der Waals surface area contributed by atoms with Gasteiger partial charge in [0.2, 0.25) is 11.8 Å². The molecule has 0 spiro atoms. The second-order valence-electron chi connectivity index (χ2n) is 4.34. The number of carbonyl (C=O) groups is 2. The standard InChI is InChI=1S/C14H18N4O2/c1-10(17-9-14(20)16-7-6-15)12-4-3-5-13(8-12)18-11(2)19/h3-5,8,10,17H,7,9H2,1-2H3,(H,16,20)(H,18,19). The third kappa shape index (κ3) is 5.50. The first kappa shape index (κ1) is 15.7. The first-order valence-electron chi connectivity index (χ1n) is 6.27. The number of rotatable bonds is 6. The molecule has 0 bridgehead atoms. The van der Waals surface area contributed by atoms with Gasteiger partial charge in [-0.25, -0.2) is 0 Å². The van der Waals surface area contributed by atoms with Crippen LogP contribution in [0.1, 0.15) is 25.5 Å². The number of hydrogen-bond donors (Lipinski definition) is 3. The van der Waals surface area contributed by atoms with Crippen LogP contribution in [0.5, 0.6) is 0 Å². The molecule has 1 rings (SSSR count). The summed E-state index contributed by atoms with van der Waals surface area (Å²) in [5, 5.41) is 16.6. The van der Waals surface area contributed by atoms with E-state index in [9.17, 15) is 9.59 Å². The van der Waals surface area contributed by atoms with Gasteiger partial charge in [0, 0.05) is 18.7 Å². The number of nitrogens with one attached hydrogen (secondary N) is 3. The first-order valence-corrected chi connectivity index (χ1v) is 6.27. The molecule has 0 saturated carbocycles. The third-order valence-electron chi connectivity index (χ3n) is 2.64. The Hall–Kier alpha value is -2.39. The van der Waals surface area contributed by atoms with Gasteiger partial charge in [-0.1, -0.05) is 12.1 Å². The fourth-order valence-electron chi connectivity index (χ4n) is 1.65. The van der Waals surface area contributed by atoms with Gasteiger partial charge in [-0.05, 0) is 24.6 Å². The summed E-state index contributed by atoms with van der Waals surface area (Å²) in [4.78, 5) is 22.4. The van der Waals surface area contributed by atoms with Gasteiger partial charge in [0.15, 0.2) is 0 Å². The predicted octanol–water partition coefficient (Wildman–Crippen LogP) is 0.935. The van der Waals surface area contributed by atoms with Crippen LogP contribution >= 0.6 is 0 Å². The van der Waals surface area contributed by atoms with E-state index >= 15 is 0 Å². The Morgan fingerprint density at radius 2 is 2.15 bits per heavy atom. The van der Waals surface area contributed by atoms with Crippen molar-refractivity contribution in [2.75, 3.05) is 18.4 Å². The zero-order chi connectivity index (χ0) is 15.0. The molecule has 2 amide bonds. The monoisotopic (exact) mass is 274 g/mol. The van der Waals surface area contributed by atoms with E-state index in [0.29, 0.717) is 0 Å². The Balaban J connectivity index is 2.55. The minimum Gasteiger partial charge on any atom is -0.342 e. The minimum atomic E-state index is -0.226. The van der Waals surface area contributed by atoms with E-state index in [2.05, 4.69) is 16.0 Å². The summed E-state index contributed by atoms with van der Waals surface area (Å²) in [6, 6.07) is 9.21. The lowest BCUT2D eigenvalue weighted by Crippen LogP contribution is -2.35. The molecule has 106 valence electrons. The first-order chi connectivity index (χ1) is 9.52. The Labute approximate surface area is 118 Å². The summed E-state index contributed by atoms with van der Waals surface area (Å²) >= 11 is 0. The van der Waals surface area contributed by atoms with Crippen LogP contribution < -0.4 is 16.0 Å². The van der Waals surface area contributed by atoms with Gasteiger partial charge < -0.3 is 16.0 Å². The largest absolute Gasteiger partial charge is 0.342 e. The highest BCUT2D eigenvalue weighted by Gasteiger charge is 2.08. The van der Waals surface area contributed by atoms with Gasteiger partial charge in [-0.3, -0.25) is 9.59 Å². The fraction of sp³-hybridized carbons (Fsp3) is 0.357. The Bertz CT molecular complexity index is 522. The van der Waals surface area contributed by atoms with E-state index in [1.165, 1.54) is 6.92 Å². The van der Waals surface area contributed by atoms with Crippen molar-refractivity contribution < 1.29 is 9.59 Å². The third-order valence-corrected chi connectivity index (χ3v) is 2.64. The average Bonchev–Trinajstić information content (AvgIpc) is 2.42. The minimum absolute atomic E-state index is 0.00686. The molecule has 3 N–H and O–H groups in total. The van der Waals surface area contributed by atoms with Crippen molar-refractivity contribution in [2.24, 2.45) is 0 Å². The van der Waals surface area contributed by atoms with Crippen LogP contribution in [0, 0.1) is 11.3 Å². The van der Waals surface area contributed by atoms with Gasteiger partial charge in [-0.15, -0.1) is 0 Å². The normalized spacial score (nSPS) is 11.2. The second-order valence-corrected chi connectivity index (χ2v) is 4.34. The molecule has 0 aromatic heterocycles. The van der Waals surface area contributed by atoms with Gasteiger partial charge >= 0.3 is 0 Å². The molecular weight excluding hydrogens is 256 g/mol. The van der Waals surface area contributed by atoms with Crippen molar-refractivity contribution in [3.05, 3.63) is 29.8 Å². The van der Waals surface area contributed by atoms with Gasteiger partial charge in [-0.2, -0.15) is 5.26 Å². The summed E-state index contributed by atoms with van der Waals surface area (Å²) < 4.78 is 0. The van der Waals surface area contributed by atoms with E-state index in [1.54, 1.807) is 6.07 Å². The van der Waals surface area contributed by atoms with Crippen LogP contribution in [0.15, 0.2) is 24.3 Å². The Kier molecular flexibility index (Phi) is 6.20. The SMILES string of the molecule is CC(=O)Nc1cccc(C(C)NCC(=O)NCC#N)c1. The summed E-state index contributed by atoms with van der Waals surface area (Å²) in [6.45, 7) is 3.51. The molecule has 1 unspecified atom stereocenters. The number of carbonyl (C=O) groups excluding carboxylic acids is 2. The Morgan fingerprint density at radius 1 is 1.40 bits per heavy atom. The maximum atomic E-state index is 11.4. The maximum Gasteiger partial charge on any atom is 0.234 e. The number of amides is 2. The smallest absolute Gasteiger partial charge is 0.234 e. The van der Waals surface area contributed by atoms with Crippen LogP contribution in [0.3, 0.4) is 0 Å². The van der Waals surface area contributed by atoms with E-state index in [0.717, 1.165) is 11.3 Å². The van der Waals surface area contributed by atoms with Crippen LogP contribution in [0.4, 0.5) is 5.69 Å². The number of nitriles is 1. The summed E-state index contributed by atoms with van der Waals surface area (Å²) in [5.41, 5.74) is 1.68. The van der Waals surface area contributed by atoms with E-state index in [4.69, 9.17) is 5.26 Å². The van der Waals surface area contributed by atoms with Crippen molar-refractivity contribution in [3.63, 3.8) is 0 Å². The quantitative estimate of drug-likeness (QED) is 0.673. The lowest BCUT2D eigenvalue weighted by molar-refractivity contribution is -0.120. The molecule has 0 aliphatic heterocycles. The van der Waals surface area contributed by atoms with Crippen molar-refractivity contribution >= 4 is 17.5 Å². The highest BCUT2D eigenvalue weighted by molar-refractivity contribution is 5.88. The molecule has 0 aliphatic rings. The van der Waals surface area contributed by atoms with Crippen molar-refractivity contribution in [1.29, 1.82) is 5.26 Å². The molecule has 0 aliphatic carbocycles. The molecule has 1 aromatic carbocycles. The lowest BCUT2D eigenvalue weighted by atomic mass is 10.1. The molecule has 6 heteroatoms. The van der Waals surface area contributed by atoms with Gasteiger partial charge in [0.1, 0.15) is 6.54 Å². The average molecular weight is 274 g/mol. The van der Waals surface area contributed by atoms with Crippen LogP contribution in [0.25, 0.3) is 0 Å². The van der Waals surface area contributed by atoms with E-state index in [-0.39, 0.29) is 30.9 Å². The highest BCUT2D eigenvalue weighted by Crippen LogP contribution is 2.17. The van der Waals surface area contributed by atoms with Crippen LogP contribution in [-0.4, -0.2) is 24.9 Å². The van der Waals surface area contributed by atoms with Gasteiger partial charge in [0.05, 0.1) is 12.6 Å². The topological polar surface area (TPSA) is 94.0 Å². The zero-order valence-corrected chi connectivity index (χ0v) is 11.6. The van der Waals surface area contributed by atoms with Crippen molar-refractivity contribution in [3.8, 4) is 6.07 Å². The molecular formula is C14H18N4O2. The number of anilines is 1. The number of hydrogen-bond acceptors (Lipinski definition) is 4. The molecule has 1 aromatic rings.